The molecule has 0 unspecified atom stereocenters. The van der Waals surface area contributed by atoms with Crippen molar-refractivity contribution in [3.05, 3.63) is 41.2 Å². The van der Waals surface area contributed by atoms with Gasteiger partial charge in [-0.2, -0.15) is 5.10 Å². The molecule has 0 fully saturated rings. The Morgan fingerprint density at radius 2 is 2.00 bits per heavy atom. The van der Waals surface area contributed by atoms with Crippen molar-refractivity contribution in [2.45, 2.75) is 45.1 Å². The molecule has 1 aromatic carbocycles. The SMILES string of the molecule is CCOCCNS(=O)(=O)c1cc(NC(=O)c2cn(C(C)C)nc2CCOC)ccc1C. The summed E-state index contributed by atoms with van der Waals surface area (Å²) in [4.78, 5) is 13.0. The Morgan fingerprint density at radius 3 is 2.65 bits per heavy atom. The van der Waals surface area contributed by atoms with Gasteiger partial charge in [-0.1, -0.05) is 6.07 Å². The smallest absolute Gasteiger partial charge is 0.259 e. The van der Waals surface area contributed by atoms with Gasteiger partial charge in [0.05, 0.1) is 29.4 Å². The Labute approximate surface area is 184 Å². The molecule has 9 nitrogen and oxygen atoms in total. The first-order valence-corrected chi connectivity index (χ1v) is 11.7. The first-order chi connectivity index (χ1) is 14.7. The molecule has 0 spiro atoms. The number of ether oxygens (including phenoxy) is 2. The van der Waals surface area contributed by atoms with Crippen molar-refractivity contribution >= 4 is 21.6 Å². The Hall–Kier alpha value is -2.27. The minimum absolute atomic E-state index is 0.0988. The minimum Gasteiger partial charge on any atom is -0.384 e. The van der Waals surface area contributed by atoms with Gasteiger partial charge in [0, 0.05) is 44.6 Å². The predicted octanol–water partition coefficient (Wildman–Crippen LogP) is 2.53. The Morgan fingerprint density at radius 1 is 1.26 bits per heavy atom. The van der Waals surface area contributed by atoms with Crippen molar-refractivity contribution in [1.29, 1.82) is 0 Å². The van der Waals surface area contributed by atoms with Crippen LogP contribution in [-0.2, 0) is 25.9 Å². The maximum absolute atomic E-state index is 12.9. The molecule has 0 bridgehead atoms. The van der Waals surface area contributed by atoms with E-state index in [4.69, 9.17) is 9.47 Å². The van der Waals surface area contributed by atoms with Crippen LogP contribution in [0.1, 0.15) is 48.4 Å². The zero-order chi connectivity index (χ0) is 23.0. The Kier molecular flexibility index (Phi) is 9.17. The summed E-state index contributed by atoms with van der Waals surface area (Å²) in [6, 6.07) is 4.89. The third-order valence-electron chi connectivity index (χ3n) is 4.60. The summed E-state index contributed by atoms with van der Waals surface area (Å²) in [6.45, 7) is 8.92. The van der Waals surface area contributed by atoms with E-state index in [1.165, 1.54) is 6.07 Å². The zero-order valence-electron chi connectivity index (χ0n) is 18.8. The number of amides is 1. The summed E-state index contributed by atoms with van der Waals surface area (Å²) in [6.07, 6.45) is 2.20. The standard InChI is InChI=1S/C21H32N4O5S/c1-6-30-12-10-22-31(27,28)20-13-17(8-7-16(20)4)23-21(26)18-14-25(15(2)3)24-19(18)9-11-29-5/h7-8,13-15,22H,6,9-12H2,1-5H3,(H,23,26). The number of nitrogens with zero attached hydrogens (tertiary/aromatic N) is 2. The van der Waals surface area contributed by atoms with E-state index in [0.29, 0.717) is 42.1 Å². The average molecular weight is 453 g/mol. The Bertz CT molecular complexity index is 986. The molecule has 0 atom stereocenters. The molecule has 2 N–H and O–H groups in total. The lowest BCUT2D eigenvalue weighted by molar-refractivity contribution is 0.102. The highest BCUT2D eigenvalue weighted by Crippen LogP contribution is 2.21. The summed E-state index contributed by atoms with van der Waals surface area (Å²) in [5.41, 5.74) is 2.03. The number of carbonyl (C=O) groups excluding carboxylic acids is 1. The van der Waals surface area contributed by atoms with Crippen LogP contribution in [0.15, 0.2) is 29.3 Å². The van der Waals surface area contributed by atoms with Crippen molar-refractivity contribution in [2.75, 3.05) is 38.8 Å². The molecule has 31 heavy (non-hydrogen) atoms. The second-order valence-electron chi connectivity index (χ2n) is 7.34. The van der Waals surface area contributed by atoms with Crippen LogP contribution < -0.4 is 10.0 Å². The van der Waals surface area contributed by atoms with E-state index in [-0.39, 0.29) is 30.0 Å². The van der Waals surface area contributed by atoms with Crippen molar-refractivity contribution < 1.29 is 22.7 Å². The quantitative estimate of drug-likeness (QED) is 0.479. The molecule has 0 aliphatic carbocycles. The van der Waals surface area contributed by atoms with E-state index >= 15 is 0 Å². The highest BCUT2D eigenvalue weighted by atomic mass is 32.2. The van der Waals surface area contributed by atoms with Gasteiger partial charge in [0.25, 0.3) is 5.91 Å². The van der Waals surface area contributed by atoms with E-state index in [9.17, 15) is 13.2 Å². The maximum atomic E-state index is 12.9. The normalized spacial score (nSPS) is 11.8. The monoisotopic (exact) mass is 452 g/mol. The largest absolute Gasteiger partial charge is 0.384 e. The van der Waals surface area contributed by atoms with Crippen LogP contribution >= 0.6 is 0 Å². The molecular weight excluding hydrogens is 420 g/mol. The molecule has 2 aromatic rings. The minimum atomic E-state index is -3.74. The topological polar surface area (TPSA) is 112 Å². The van der Waals surface area contributed by atoms with E-state index < -0.39 is 10.0 Å². The number of benzene rings is 1. The molecule has 0 radical (unpaired) electrons. The number of aryl methyl sites for hydroxylation is 1. The lowest BCUT2D eigenvalue weighted by atomic mass is 10.1. The molecule has 1 heterocycles. The fraction of sp³-hybridized carbons (Fsp3) is 0.524. The van der Waals surface area contributed by atoms with E-state index in [2.05, 4.69) is 15.1 Å². The first kappa shape index (κ1) is 25.0. The molecule has 0 saturated heterocycles. The lowest BCUT2D eigenvalue weighted by Crippen LogP contribution is -2.28. The number of rotatable bonds is 12. The van der Waals surface area contributed by atoms with Crippen LogP contribution in [0.4, 0.5) is 5.69 Å². The van der Waals surface area contributed by atoms with Crippen LogP contribution in [-0.4, -0.2) is 57.6 Å². The van der Waals surface area contributed by atoms with Crippen LogP contribution in [0.25, 0.3) is 0 Å². The highest BCUT2D eigenvalue weighted by molar-refractivity contribution is 7.89. The van der Waals surface area contributed by atoms with Crippen LogP contribution in [0.3, 0.4) is 0 Å². The molecular formula is C21H32N4O5S. The zero-order valence-corrected chi connectivity index (χ0v) is 19.6. The number of carbonyl (C=O) groups is 1. The summed E-state index contributed by atoms with van der Waals surface area (Å²) >= 11 is 0. The number of anilines is 1. The van der Waals surface area contributed by atoms with Gasteiger partial charge in [-0.25, -0.2) is 13.1 Å². The first-order valence-electron chi connectivity index (χ1n) is 10.3. The second kappa shape index (κ2) is 11.4. The summed E-state index contributed by atoms with van der Waals surface area (Å²) in [7, 11) is -2.14. The molecule has 0 saturated carbocycles. The molecule has 0 aliphatic rings. The Balaban J connectivity index is 2.23. The molecule has 1 amide bonds. The summed E-state index contributed by atoms with van der Waals surface area (Å²) in [5.74, 6) is -0.352. The number of nitrogens with one attached hydrogen (secondary N) is 2. The lowest BCUT2D eigenvalue weighted by Gasteiger charge is -2.12. The number of sulfonamides is 1. The fourth-order valence-electron chi connectivity index (χ4n) is 2.90. The third-order valence-corrected chi connectivity index (χ3v) is 6.21. The van der Waals surface area contributed by atoms with Gasteiger partial charge in [-0.05, 0) is 45.4 Å². The molecule has 172 valence electrons. The number of methoxy groups -OCH3 is 1. The fourth-order valence-corrected chi connectivity index (χ4v) is 4.18. The molecule has 1 aromatic heterocycles. The van der Waals surface area contributed by atoms with Gasteiger partial charge >= 0.3 is 0 Å². The molecule has 2 rings (SSSR count). The van der Waals surface area contributed by atoms with Crippen LogP contribution in [0.5, 0.6) is 0 Å². The van der Waals surface area contributed by atoms with Gasteiger partial charge in [0.15, 0.2) is 0 Å². The van der Waals surface area contributed by atoms with Crippen molar-refractivity contribution in [3.63, 3.8) is 0 Å². The van der Waals surface area contributed by atoms with Gasteiger partial charge < -0.3 is 14.8 Å². The number of aromatic nitrogens is 2. The van der Waals surface area contributed by atoms with Crippen molar-refractivity contribution in [2.24, 2.45) is 0 Å². The van der Waals surface area contributed by atoms with E-state index in [0.717, 1.165) is 0 Å². The summed E-state index contributed by atoms with van der Waals surface area (Å²) < 4.78 is 39.9. The second-order valence-corrected chi connectivity index (χ2v) is 9.07. The van der Waals surface area contributed by atoms with Gasteiger partial charge in [-0.3, -0.25) is 9.48 Å². The maximum Gasteiger partial charge on any atom is 0.259 e. The van der Waals surface area contributed by atoms with Gasteiger partial charge in [0.1, 0.15) is 0 Å². The van der Waals surface area contributed by atoms with Crippen molar-refractivity contribution in [3.8, 4) is 0 Å². The average Bonchev–Trinajstić information content (AvgIpc) is 3.15. The van der Waals surface area contributed by atoms with Crippen molar-refractivity contribution in [1.82, 2.24) is 14.5 Å². The third kappa shape index (κ3) is 6.86. The summed E-state index contributed by atoms with van der Waals surface area (Å²) in [5, 5.41) is 7.28. The van der Waals surface area contributed by atoms with Gasteiger partial charge in [-0.15, -0.1) is 0 Å². The van der Waals surface area contributed by atoms with Crippen LogP contribution in [0.2, 0.25) is 0 Å². The predicted molar refractivity (Wildman–Crippen MR) is 119 cm³/mol. The number of hydrogen-bond acceptors (Lipinski definition) is 6. The van der Waals surface area contributed by atoms with E-state index in [1.807, 2.05) is 20.8 Å². The van der Waals surface area contributed by atoms with Gasteiger partial charge in [0.2, 0.25) is 10.0 Å². The number of hydrogen-bond donors (Lipinski definition) is 2. The molecule has 0 aliphatic heterocycles. The van der Waals surface area contributed by atoms with E-state index in [1.54, 1.807) is 37.0 Å². The van der Waals surface area contributed by atoms with Crippen LogP contribution in [0, 0.1) is 6.92 Å². The molecule has 10 heteroatoms. The highest BCUT2D eigenvalue weighted by Gasteiger charge is 2.20.